The third-order valence-electron chi connectivity index (χ3n) is 2.34. The first-order valence-electron chi connectivity index (χ1n) is 5.03. The summed E-state index contributed by atoms with van der Waals surface area (Å²) in [6.45, 7) is 1.84. The Hall–Kier alpha value is -1.23. The summed E-state index contributed by atoms with van der Waals surface area (Å²) in [6.07, 6.45) is 6.93. The Balaban J connectivity index is 2.63. The molecule has 0 saturated carbocycles. The van der Waals surface area contributed by atoms with E-state index in [2.05, 4.69) is 5.32 Å². The van der Waals surface area contributed by atoms with Crippen molar-refractivity contribution in [2.45, 2.75) is 18.9 Å². The summed E-state index contributed by atoms with van der Waals surface area (Å²) in [7, 11) is 0. The summed E-state index contributed by atoms with van der Waals surface area (Å²) in [4.78, 5) is 22.6. The minimum absolute atomic E-state index is 0.358. The van der Waals surface area contributed by atoms with Gasteiger partial charge in [0.05, 0.1) is 0 Å². The van der Waals surface area contributed by atoms with E-state index < -0.39 is 11.5 Å². The van der Waals surface area contributed by atoms with Crippen LogP contribution in [0.3, 0.4) is 0 Å². The van der Waals surface area contributed by atoms with Crippen LogP contribution in [0.2, 0.25) is 0 Å². The zero-order chi connectivity index (χ0) is 12.0. The lowest BCUT2D eigenvalue weighted by atomic mass is 9.99. The number of amides is 1. The predicted molar refractivity (Wildman–Crippen MR) is 64.4 cm³/mol. The smallest absolute Gasteiger partial charge is 0.330 e. The van der Waals surface area contributed by atoms with Crippen LogP contribution in [0.1, 0.15) is 13.3 Å². The Morgan fingerprint density at radius 3 is 2.69 bits per heavy atom. The van der Waals surface area contributed by atoms with E-state index in [0.29, 0.717) is 12.2 Å². The molecule has 0 aromatic rings. The van der Waals surface area contributed by atoms with Crippen LogP contribution < -0.4 is 5.32 Å². The molecule has 1 saturated heterocycles. The molecule has 1 fully saturated rings. The molecular weight excluding hydrogens is 226 g/mol. The monoisotopic (exact) mass is 241 g/mol. The fourth-order valence-electron chi connectivity index (χ4n) is 1.42. The Kier molecular flexibility index (Phi) is 4.61. The largest absolute Gasteiger partial charge is 0.479 e. The molecule has 0 aromatic carbocycles. The van der Waals surface area contributed by atoms with Crippen molar-refractivity contribution in [3.63, 3.8) is 0 Å². The van der Waals surface area contributed by atoms with Crippen molar-refractivity contribution in [1.82, 2.24) is 5.32 Å². The predicted octanol–water partition coefficient (Wildman–Crippen LogP) is 1.20. The van der Waals surface area contributed by atoms with Crippen LogP contribution in [0.4, 0.5) is 0 Å². The van der Waals surface area contributed by atoms with Crippen molar-refractivity contribution in [3.05, 3.63) is 24.3 Å². The molecule has 5 heteroatoms. The van der Waals surface area contributed by atoms with E-state index in [1.807, 2.05) is 6.92 Å². The van der Waals surface area contributed by atoms with E-state index in [4.69, 9.17) is 5.11 Å². The fourth-order valence-corrected chi connectivity index (χ4v) is 2.74. The number of hydrogen-bond donors (Lipinski definition) is 2. The highest BCUT2D eigenvalue weighted by Crippen LogP contribution is 2.28. The van der Waals surface area contributed by atoms with E-state index >= 15 is 0 Å². The number of carboxylic acids is 1. The molecule has 0 aromatic heterocycles. The summed E-state index contributed by atoms with van der Waals surface area (Å²) in [6, 6.07) is 0. The number of aliphatic carboxylic acids is 1. The fraction of sp³-hybridized carbons (Fsp3) is 0.455. The second-order valence-electron chi connectivity index (χ2n) is 3.56. The highest BCUT2D eigenvalue weighted by molar-refractivity contribution is 7.99. The van der Waals surface area contributed by atoms with Gasteiger partial charge in [-0.05, 0) is 19.1 Å². The van der Waals surface area contributed by atoms with Crippen molar-refractivity contribution in [3.8, 4) is 0 Å². The Labute approximate surface area is 98.8 Å². The van der Waals surface area contributed by atoms with Gasteiger partial charge in [-0.2, -0.15) is 11.8 Å². The molecule has 1 rings (SSSR count). The van der Waals surface area contributed by atoms with Crippen molar-refractivity contribution in [1.29, 1.82) is 0 Å². The molecule has 0 radical (unpaired) electrons. The van der Waals surface area contributed by atoms with Gasteiger partial charge in [0.2, 0.25) is 5.91 Å². The lowest BCUT2D eigenvalue weighted by molar-refractivity contribution is -0.145. The molecule has 1 heterocycles. The van der Waals surface area contributed by atoms with Crippen LogP contribution in [0, 0.1) is 0 Å². The number of nitrogens with one attached hydrogen (secondary N) is 1. The zero-order valence-corrected chi connectivity index (χ0v) is 9.92. The third kappa shape index (κ3) is 3.13. The first kappa shape index (κ1) is 12.8. The minimum Gasteiger partial charge on any atom is -0.479 e. The zero-order valence-electron chi connectivity index (χ0n) is 9.10. The van der Waals surface area contributed by atoms with Crippen LogP contribution in [0.5, 0.6) is 0 Å². The van der Waals surface area contributed by atoms with Gasteiger partial charge < -0.3 is 10.4 Å². The summed E-state index contributed by atoms with van der Waals surface area (Å²) in [5.41, 5.74) is -1.08. The van der Waals surface area contributed by atoms with E-state index in [0.717, 1.165) is 5.75 Å². The van der Waals surface area contributed by atoms with Gasteiger partial charge in [-0.3, -0.25) is 4.79 Å². The lowest BCUT2D eigenvalue weighted by Gasteiger charge is -2.23. The molecule has 0 aliphatic carbocycles. The van der Waals surface area contributed by atoms with E-state index in [1.54, 1.807) is 30.0 Å². The van der Waals surface area contributed by atoms with E-state index in [1.165, 1.54) is 6.08 Å². The Morgan fingerprint density at radius 1 is 1.44 bits per heavy atom. The lowest BCUT2D eigenvalue weighted by Crippen LogP contribution is -2.54. The molecular formula is C11H15NO3S. The molecule has 1 aliphatic heterocycles. The van der Waals surface area contributed by atoms with Gasteiger partial charge in [-0.1, -0.05) is 18.2 Å². The minimum atomic E-state index is -1.08. The first-order chi connectivity index (χ1) is 7.60. The van der Waals surface area contributed by atoms with Gasteiger partial charge in [0.25, 0.3) is 0 Å². The standard InChI is InChI=1S/C11H15NO3S/c1-2-3-4-5-9(13)12-11(10(14)15)6-7-16-8-11/h2-5H,6-8H2,1H3,(H,12,13)(H,14,15). The van der Waals surface area contributed by atoms with Crippen molar-refractivity contribution < 1.29 is 14.7 Å². The maximum absolute atomic E-state index is 11.5. The molecule has 1 amide bonds. The molecule has 16 heavy (non-hydrogen) atoms. The normalized spacial score (nSPS) is 25.3. The second-order valence-corrected chi connectivity index (χ2v) is 4.67. The van der Waals surface area contributed by atoms with Crippen molar-refractivity contribution in [2.24, 2.45) is 0 Å². The first-order valence-corrected chi connectivity index (χ1v) is 6.19. The van der Waals surface area contributed by atoms with Crippen LogP contribution in [0.15, 0.2) is 24.3 Å². The van der Waals surface area contributed by atoms with Crippen LogP contribution in [0.25, 0.3) is 0 Å². The van der Waals surface area contributed by atoms with Crippen LogP contribution in [-0.4, -0.2) is 34.0 Å². The average molecular weight is 241 g/mol. The Bertz CT molecular complexity index is 330. The molecule has 1 atom stereocenters. The third-order valence-corrected chi connectivity index (χ3v) is 3.53. The SMILES string of the molecule is CC=CC=CC(=O)NC1(C(=O)O)CCSC1. The van der Waals surface area contributed by atoms with Crippen LogP contribution in [-0.2, 0) is 9.59 Å². The number of carboxylic acid groups (broad SMARTS) is 1. The topological polar surface area (TPSA) is 66.4 Å². The van der Waals surface area contributed by atoms with Gasteiger partial charge in [0.1, 0.15) is 5.54 Å². The number of carbonyl (C=O) groups is 2. The number of allylic oxidation sites excluding steroid dienone is 3. The van der Waals surface area contributed by atoms with Gasteiger partial charge in [-0.15, -0.1) is 0 Å². The molecule has 4 nitrogen and oxygen atoms in total. The quantitative estimate of drug-likeness (QED) is 0.573. The van der Waals surface area contributed by atoms with Crippen molar-refractivity contribution >= 4 is 23.6 Å². The number of thioether (sulfide) groups is 1. The Morgan fingerprint density at radius 2 is 2.19 bits per heavy atom. The molecule has 1 unspecified atom stereocenters. The number of carbonyl (C=O) groups excluding carboxylic acids is 1. The van der Waals surface area contributed by atoms with Crippen LogP contribution >= 0.6 is 11.8 Å². The summed E-state index contributed by atoms with van der Waals surface area (Å²) in [5, 5.41) is 11.7. The summed E-state index contributed by atoms with van der Waals surface area (Å²) >= 11 is 1.55. The van der Waals surface area contributed by atoms with E-state index in [-0.39, 0.29) is 5.91 Å². The maximum atomic E-state index is 11.5. The van der Waals surface area contributed by atoms with Crippen molar-refractivity contribution in [2.75, 3.05) is 11.5 Å². The molecule has 1 aliphatic rings. The van der Waals surface area contributed by atoms with E-state index in [9.17, 15) is 9.59 Å². The molecule has 0 spiro atoms. The summed E-state index contributed by atoms with van der Waals surface area (Å²) in [5.74, 6) is -0.107. The molecule has 2 N–H and O–H groups in total. The molecule has 88 valence electrons. The summed E-state index contributed by atoms with van der Waals surface area (Å²) < 4.78 is 0. The molecule has 0 bridgehead atoms. The van der Waals surface area contributed by atoms with Gasteiger partial charge >= 0.3 is 5.97 Å². The van der Waals surface area contributed by atoms with Gasteiger partial charge in [0.15, 0.2) is 0 Å². The maximum Gasteiger partial charge on any atom is 0.330 e. The number of rotatable bonds is 4. The number of hydrogen-bond acceptors (Lipinski definition) is 3. The highest BCUT2D eigenvalue weighted by atomic mass is 32.2. The second kappa shape index (κ2) is 5.75. The van der Waals surface area contributed by atoms with Gasteiger partial charge in [-0.25, -0.2) is 4.79 Å². The highest BCUT2D eigenvalue weighted by Gasteiger charge is 2.42. The van der Waals surface area contributed by atoms with Gasteiger partial charge in [0, 0.05) is 11.8 Å². The average Bonchev–Trinajstić information content (AvgIpc) is 2.68.